The van der Waals surface area contributed by atoms with E-state index in [1.807, 2.05) is 39.0 Å². The van der Waals surface area contributed by atoms with Gasteiger partial charge in [0.2, 0.25) is 0 Å². The Bertz CT molecular complexity index is 798. The number of carbonyl (C=O) groups excluding carboxylic acids is 3. The van der Waals surface area contributed by atoms with E-state index in [1.54, 1.807) is 4.90 Å². The van der Waals surface area contributed by atoms with Crippen molar-refractivity contribution >= 4 is 17.7 Å². The van der Waals surface area contributed by atoms with Crippen LogP contribution in [0.1, 0.15) is 52.0 Å². The van der Waals surface area contributed by atoms with Gasteiger partial charge in [0.15, 0.2) is 11.6 Å². The molecular formula is C24H31NO4. The number of rotatable bonds is 0. The van der Waals surface area contributed by atoms with E-state index in [2.05, 4.69) is 25.6 Å². The zero-order valence-corrected chi connectivity index (χ0v) is 17.9. The zero-order valence-electron chi connectivity index (χ0n) is 17.9. The Morgan fingerprint density at radius 3 is 1.93 bits per heavy atom. The molecule has 2 aliphatic carbocycles. The summed E-state index contributed by atoms with van der Waals surface area (Å²) in [5.74, 6) is -0.205. The number of likely N-dealkylation sites (tertiary alicyclic amines) is 1. The first-order valence-corrected chi connectivity index (χ1v) is 10.2. The van der Waals surface area contributed by atoms with Gasteiger partial charge in [0.05, 0.1) is 5.57 Å². The van der Waals surface area contributed by atoms with Crippen LogP contribution in [0.4, 0.5) is 4.79 Å². The van der Waals surface area contributed by atoms with E-state index >= 15 is 0 Å². The van der Waals surface area contributed by atoms with E-state index in [1.165, 1.54) is 5.56 Å². The number of benzene rings is 1. The Labute approximate surface area is 173 Å². The largest absolute Gasteiger partial charge is 0.444 e. The molecule has 0 unspecified atom stereocenters. The normalized spacial score (nSPS) is 21.8. The van der Waals surface area contributed by atoms with Gasteiger partial charge in [-0.2, -0.15) is 0 Å². The van der Waals surface area contributed by atoms with Crippen molar-refractivity contribution in [1.82, 2.24) is 4.90 Å². The zero-order chi connectivity index (χ0) is 21.4. The van der Waals surface area contributed by atoms with Crippen LogP contribution in [0, 0.1) is 17.8 Å². The minimum Gasteiger partial charge on any atom is -0.444 e. The first-order chi connectivity index (χ1) is 13.4. The molecule has 3 fully saturated rings. The molecule has 156 valence electrons. The molecular weight excluding hydrogens is 366 g/mol. The van der Waals surface area contributed by atoms with E-state index in [4.69, 9.17) is 4.74 Å². The smallest absolute Gasteiger partial charge is 0.410 e. The minimum absolute atomic E-state index is 0.0934. The number of nitrogens with zero attached hydrogens (tertiary/aromatic N) is 1. The predicted octanol–water partition coefficient (Wildman–Crippen LogP) is 4.49. The van der Waals surface area contributed by atoms with Crippen LogP contribution in [0.2, 0.25) is 0 Å². The summed E-state index contributed by atoms with van der Waals surface area (Å²) in [6, 6.07) is 10.3. The average molecular weight is 398 g/mol. The fraction of sp³-hybridized carbons (Fsp3) is 0.542. The van der Waals surface area contributed by atoms with Crippen LogP contribution in [0.25, 0.3) is 0 Å². The van der Waals surface area contributed by atoms with Crippen LogP contribution < -0.4 is 0 Å². The van der Waals surface area contributed by atoms with Gasteiger partial charge in [-0.05, 0) is 46.0 Å². The molecule has 29 heavy (non-hydrogen) atoms. The van der Waals surface area contributed by atoms with E-state index in [0.29, 0.717) is 25.9 Å². The topological polar surface area (TPSA) is 63.7 Å². The quantitative estimate of drug-likeness (QED) is 0.478. The third kappa shape index (κ3) is 4.77. The van der Waals surface area contributed by atoms with Gasteiger partial charge in [-0.1, -0.05) is 42.5 Å². The number of amides is 1. The first-order valence-electron chi connectivity index (χ1n) is 10.2. The fourth-order valence-corrected chi connectivity index (χ4v) is 4.88. The molecule has 1 saturated heterocycles. The van der Waals surface area contributed by atoms with Gasteiger partial charge in [0.1, 0.15) is 5.60 Å². The molecule has 0 radical (unpaired) electrons. The number of aryl methyl sites for hydroxylation is 1. The van der Waals surface area contributed by atoms with Crippen molar-refractivity contribution in [2.45, 2.75) is 59.0 Å². The first kappa shape index (κ1) is 21.3. The number of Topliss-reactive ketones (excluding diaryl/α,β-unsaturated/α-hetero) is 2. The molecule has 5 nitrogen and oxygen atoms in total. The number of allylic oxidation sites excluding steroid dienone is 1. The lowest BCUT2D eigenvalue weighted by Crippen LogP contribution is -2.68. The van der Waals surface area contributed by atoms with Gasteiger partial charge < -0.3 is 9.64 Å². The van der Waals surface area contributed by atoms with Crippen LogP contribution >= 0.6 is 0 Å². The van der Waals surface area contributed by atoms with E-state index in [9.17, 15) is 14.4 Å². The monoisotopic (exact) mass is 397 g/mol. The van der Waals surface area contributed by atoms with Gasteiger partial charge in [0, 0.05) is 31.3 Å². The second-order valence-corrected chi connectivity index (χ2v) is 10.0. The molecule has 1 aliphatic heterocycles. The Kier molecular flexibility index (Phi) is 5.46. The lowest BCUT2D eigenvalue weighted by molar-refractivity contribution is -0.160. The number of hydrogen-bond donors (Lipinski definition) is 0. The highest BCUT2D eigenvalue weighted by atomic mass is 16.6. The van der Waals surface area contributed by atoms with Crippen LogP contribution in [0.15, 0.2) is 42.5 Å². The summed E-state index contributed by atoms with van der Waals surface area (Å²) in [6.07, 6.45) is 2.30. The van der Waals surface area contributed by atoms with Gasteiger partial charge in [-0.3, -0.25) is 9.59 Å². The molecule has 0 aromatic heterocycles. The summed E-state index contributed by atoms with van der Waals surface area (Å²) in [7, 11) is 0. The Balaban J connectivity index is 0.000000290. The molecule has 0 bridgehead atoms. The molecule has 1 amide bonds. The van der Waals surface area contributed by atoms with Crippen molar-refractivity contribution in [2.24, 2.45) is 10.8 Å². The summed E-state index contributed by atoms with van der Waals surface area (Å²) < 4.78 is 5.36. The molecule has 1 heterocycles. The summed E-state index contributed by atoms with van der Waals surface area (Å²) in [6.45, 7) is 12.6. The maximum absolute atomic E-state index is 12.0. The molecule has 2 spiro atoms. The number of ether oxygens (including phenoxy) is 1. The summed E-state index contributed by atoms with van der Waals surface area (Å²) in [5.41, 5.74) is 0.924. The predicted molar refractivity (Wildman–Crippen MR) is 111 cm³/mol. The number of ketones is 2. The number of carbonyl (C=O) groups is 3. The van der Waals surface area contributed by atoms with Crippen LogP contribution in [0.3, 0.4) is 0 Å². The highest BCUT2D eigenvalue weighted by Gasteiger charge is 2.63. The van der Waals surface area contributed by atoms with Gasteiger partial charge in [-0.25, -0.2) is 4.79 Å². The van der Waals surface area contributed by atoms with Crippen molar-refractivity contribution in [3.05, 3.63) is 48.0 Å². The minimum atomic E-state index is -0.483. The molecule has 4 rings (SSSR count). The van der Waals surface area contributed by atoms with Gasteiger partial charge in [0.25, 0.3) is 0 Å². The SMILES string of the molecule is C=C1C(=O)CC2(CC1=O)CC1(CN(C(=O)OC(C)(C)C)C1)C2.Cc1ccccc1. The standard InChI is InChI=1S/C17H23NO4.C7H8/c1-11-12(19)5-16(6-13(11)20)7-17(8-16)9-18(10-17)14(21)22-15(2,3)4;1-7-5-3-2-4-6-7/h1,5-10H2,2-4H3;2-6H,1H3. The lowest BCUT2D eigenvalue weighted by Gasteiger charge is -2.64. The maximum Gasteiger partial charge on any atom is 0.410 e. The fourth-order valence-electron chi connectivity index (χ4n) is 4.88. The second kappa shape index (κ2) is 7.43. The summed E-state index contributed by atoms with van der Waals surface area (Å²) >= 11 is 0. The van der Waals surface area contributed by atoms with Crippen molar-refractivity contribution in [2.75, 3.05) is 13.1 Å². The number of hydrogen-bond acceptors (Lipinski definition) is 4. The molecule has 0 atom stereocenters. The highest BCUT2D eigenvalue weighted by Crippen LogP contribution is 2.63. The van der Waals surface area contributed by atoms with Crippen LogP contribution in [-0.4, -0.2) is 41.3 Å². The van der Waals surface area contributed by atoms with E-state index in [0.717, 1.165) is 12.8 Å². The summed E-state index contributed by atoms with van der Waals surface area (Å²) in [5, 5.41) is 0. The lowest BCUT2D eigenvalue weighted by atomic mass is 9.45. The maximum atomic E-state index is 12.0. The molecule has 0 N–H and O–H groups in total. The third-order valence-electron chi connectivity index (χ3n) is 5.89. The van der Waals surface area contributed by atoms with Crippen molar-refractivity contribution in [3.8, 4) is 0 Å². The Morgan fingerprint density at radius 1 is 1.00 bits per heavy atom. The van der Waals surface area contributed by atoms with Gasteiger partial charge in [-0.15, -0.1) is 0 Å². The molecule has 1 aromatic carbocycles. The van der Waals surface area contributed by atoms with Crippen molar-refractivity contribution in [3.63, 3.8) is 0 Å². The summed E-state index contributed by atoms with van der Waals surface area (Å²) in [4.78, 5) is 37.4. The Hall–Kier alpha value is -2.43. The van der Waals surface area contributed by atoms with Crippen molar-refractivity contribution < 1.29 is 19.1 Å². The second-order valence-electron chi connectivity index (χ2n) is 10.0. The third-order valence-corrected chi connectivity index (χ3v) is 5.89. The molecule has 1 aromatic rings. The molecule has 3 aliphatic rings. The van der Waals surface area contributed by atoms with Crippen LogP contribution in [-0.2, 0) is 14.3 Å². The average Bonchev–Trinajstić information content (AvgIpc) is 2.54. The highest BCUT2D eigenvalue weighted by molar-refractivity contribution is 6.21. The van der Waals surface area contributed by atoms with E-state index < -0.39 is 5.60 Å². The molecule has 5 heteroatoms. The van der Waals surface area contributed by atoms with Gasteiger partial charge >= 0.3 is 6.09 Å². The van der Waals surface area contributed by atoms with E-state index in [-0.39, 0.29) is 34.1 Å². The molecule has 2 saturated carbocycles. The van der Waals surface area contributed by atoms with Crippen molar-refractivity contribution in [1.29, 1.82) is 0 Å². The van der Waals surface area contributed by atoms with Crippen LogP contribution in [0.5, 0.6) is 0 Å². The Morgan fingerprint density at radius 2 is 1.52 bits per heavy atom.